The topological polar surface area (TPSA) is 111 Å². The Morgan fingerprint density at radius 3 is 2.75 bits per heavy atom. The van der Waals surface area contributed by atoms with Crippen LogP contribution in [0.1, 0.15) is 21.8 Å². The zero-order chi connectivity index (χ0) is 20.3. The molecule has 0 aliphatic carbocycles. The smallest absolute Gasteiger partial charge is 0.338 e. The van der Waals surface area contributed by atoms with Gasteiger partial charge in [-0.15, -0.1) is 0 Å². The molecule has 2 aromatic carbocycles. The van der Waals surface area contributed by atoms with Crippen LogP contribution in [0.5, 0.6) is 0 Å². The standard InChI is InChI=1S/C18H16ClN3O5S/c1-11-6-7-14(9-15(11)18(23)26-2)28(24,25)20-10-16-21-17(22-27-16)12-4-3-5-13(19)8-12/h3-9,20H,10H2,1-2H3. The third-order valence-corrected chi connectivity index (χ3v) is 5.52. The van der Waals surface area contributed by atoms with Gasteiger partial charge in [0.1, 0.15) is 0 Å². The maximum Gasteiger partial charge on any atom is 0.338 e. The zero-order valence-corrected chi connectivity index (χ0v) is 16.5. The molecule has 0 unspecified atom stereocenters. The van der Waals surface area contributed by atoms with Gasteiger partial charge >= 0.3 is 5.97 Å². The van der Waals surface area contributed by atoms with Crippen LogP contribution in [0.3, 0.4) is 0 Å². The lowest BCUT2D eigenvalue weighted by molar-refractivity contribution is 0.0599. The first-order valence-electron chi connectivity index (χ1n) is 8.07. The summed E-state index contributed by atoms with van der Waals surface area (Å²) >= 11 is 5.94. The fourth-order valence-corrected chi connectivity index (χ4v) is 3.60. The number of nitrogens with zero attached hydrogens (tertiary/aromatic N) is 2. The second kappa shape index (κ2) is 8.09. The Morgan fingerprint density at radius 2 is 2.04 bits per heavy atom. The fraction of sp³-hybridized carbons (Fsp3) is 0.167. The van der Waals surface area contributed by atoms with Crippen molar-refractivity contribution < 1.29 is 22.5 Å². The molecule has 0 amide bonds. The van der Waals surface area contributed by atoms with Gasteiger partial charge in [0.2, 0.25) is 21.7 Å². The van der Waals surface area contributed by atoms with E-state index in [4.69, 9.17) is 16.1 Å². The molecule has 8 nitrogen and oxygen atoms in total. The number of methoxy groups -OCH3 is 1. The number of benzene rings is 2. The number of aromatic nitrogens is 2. The molecule has 0 spiro atoms. The third-order valence-electron chi connectivity index (χ3n) is 3.89. The Labute approximate surface area is 166 Å². The second-order valence-corrected chi connectivity index (χ2v) is 8.02. The first-order valence-corrected chi connectivity index (χ1v) is 9.93. The molecule has 3 rings (SSSR count). The molecule has 0 fully saturated rings. The summed E-state index contributed by atoms with van der Waals surface area (Å²) in [6.45, 7) is 1.48. The van der Waals surface area contributed by atoms with Gasteiger partial charge in [0.15, 0.2) is 0 Å². The SMILES string of the molecule is COC(=O)c1cc(S(=O)(=O)NCc2nc(-c3cccc(Cl)c3)no2)ccc1C. The summed E-state index contributed by atoms with van der Waals surface area (Å²) in [6, 6.07) is 11.1. The number of ether oxygens (including phenoxy) is 1. The lowest BCUT2D eigenvalue weighted by atomic mass is 10.1. The maximum atomic E-state index is 12.5. The first kappa shape index (κ1) is 20.0. The molecule has 1 heterocycles. The molecule has 1 N–H and O–H groups in total. The van der Waals surface area contributed by atoms with Crippen molar-refractivity contribution in [2.24, 2.45) is 0 Å². The number of esters is 1. The number of rotatable bonds is 6. The Kier molecular flexibility index (Phi) is 5.78. The summed E-state index contributed by atoms with van der Waals surface area (Å²) in [5, 5.41) is 4.34. The van der Waals surface area contributed by atoms with E-state index >= 15 is 0 Å². The van der Waals surface area contributed by atoms with Crippen LogP contribution >= 0.6 is 11.6 Å². The second-order valence-electron chi connectivity index (χ2n) is 5.81. The minimum absolute atomic E-state index is 0.0759. The van der Waals surface area contributed by atoms with Gasteiger partial charge < -0.3 is 9.26 Å². The summed E-state index contributed by atoms with van der Waals surface area (Å²) in [5.41, 5.74) is 1.42. The summed E-state index contributed by atoms with van der Waals surface area (Å²) in [5.74, 6) is -0.239. The fourth-order valence-electron chi connectivity index (χ4n) is 2.41. The number of nitrogens with one attached hydrogen (secondary N) is 1. The molecule has 0 saturated carbocycles. The quantitative estimate of drug-likeness (QED) is 0.609. The predicted octanol–water partition coefficient (Wildman–Crippen LogP) is 2.96. The first-order chi connectivity index (χ1) is 13.3. The van der Waals surface area contributed by atoms with Gasteiger partial charge in [-0.25, -0.2) is 17.9 Å². The van der Waals surface area contributed by atoms with Crippen molar-refractivity contribution in [3.05, 3.63) is 64.5 Å². The van der Waals surface area contributed by atoms with E-state index in [-0.39, 0.29) is 22.9 Å². The molecule has 0 aliphatic rings. The van der Waals surface area contributed by atoms with E-state index in [0.717, 1.165) is 0 Å². The average molecular weight is 422 g/mol. The minimum atomic E-state index is -3.91. The number of carbonyl (C=O) groups excluding carboxylic acids is 1. The summed E-state index contributed by atoms with van der Waals surface area (Å²) < 4.78 is 37.2. The van der Waals surface area contributed by atoms with Crippen molar-refractivity contribution in [3.63, 3.8) is 0 Å². The van der Waals surface area contributed by atoms with Crippen molar-refractivity contribution in [3.8, 4) is 11.4 Å². The number of aryl methyl sites for hydroxylation is 1. The van der Waals surface area contributed by atoms with Gasteiger partial charge in [0, 0.05) is 10.6 Å². The molecule has 28 heavy (non-hydrogen) atoms. The molecule has 0 radical (unpaired) electrons. The van der Waals surface area contributed by atoms with E-state index in [9.17, 15) is 13.2 Å². The van der Waals surface area contributed by atoms with Crippen LogP contribution in [0.15, 0.2) is 51.9 Å². The van der Waals surface area contributed by atoms with Crippen molar-refractivity contribution in [2.75, 3.05) is 7.11 Å². The molecule has 3 aromatic rings. The van der Waals surface area contributed by atoms with E-state index in [1.807, 2.05) is 0 Å². The Hall–Kier alpha value is -2.75. The Bertz CT molecular complexity index is 1130. The molecular weight excluding hydrogens is 406 g/mol. The van der Waals surface area contributed by atoms with E-state index in [1.54, 1.807) is 31.2 Å². The van der Waals surface area contributed by atoms with Gasteiger partial charge in [0.25, 0.3) is 0 Å². The lowest BCUT2D eigenvalue weighted by Gasteiger charge is -2.08. The highest BCUT2D eigenvalue weighted by Gasteiger charge is 2.19. The van der Waals surface area contributed by atoms with Crippen LogP contribution < -0.4 is 4.72 Å². The van der Waals surface area contributed by atoms with E-state index in [0.29, 0.717) is 22.0 Å². The Morgan fingerprint density at radius 1 is 1.25 bits per heavy atom. The minimum Gasteiger partial charge on any atom is -0.465 e. The van der Waals surface area contributed by atoms with Crippen LogP contribution in [0.2, 0.25) is 5.02 Å². The molecule has 10 heteroatoms. The van der Waals surface area contributed by atoms with Crippen molar-refractivity contribution in [1.29, 1.82) is 0 Å². The molecular formula is C18H16ClN3O5S. The summed E-state index contributed by atoms with van der Waals surface area (Å²) in [7, 11) is -2.68. The van der Waals surface area contributed by atoms with Crippen molar-refractivity contribution in [1.82, 2.24) is 14.9 Å². The molecule has 146 valence electrons. The van der Waals surface area contributed by atoms with Crippen LogP contribution in [0.25, 0.3) is 11.4 Å². The molecule has 0 saturated heterocycles. The van der Waals surface area contributed by atoms with E-state index in [1.165, 1.54) is 25.3 Å². The zero-order valence-electron chi connectivity index (χ0n) is 15.0. The van der Waals surface area contributed by atoms with Crippen LogP contribution in [-0.4, -0.2) is 31.6 Å². The highest BCUT2D eigenvalue weighted by Crippen LogP contribution is 2.20. The normalized spacial score (nSPS) is 11.4. The van der Waals surface area contributed by atoms with Gasteiger partial charge in [-0.3, -0.25) is 0 Å². The van der Waals surface area contributed by atoms with Crippen LogP contribution in [0.4, 0.5) is 0 Å². The highest BCUT2D eigenvalue weighted by molar-refractivity contribution is 7.89. The lowest BCUT2D eigenvalue weighted by Crippen LogP contribution is -2.24. The number of hydrogen-bond acceptors (Lipinski definition) is 7. The van der Waals surface area contributed by atoms with Gasteiger partial charge in [-0.1, -0.05) is 35.0 Å². The largest absolute Gasteiger partial charge is 0.465 e. The van der Waals surface area contributed by atoms with Gasteiger partial charge in [-0.2, -0.15) is 4.98 Å². The predicted molar refractivity (Wildman–Crippen MR) is 101 cm³/mol. The van der Waals surface area contributed by atoms with Crippen LogP contribution in [0, 0.1) is 6.92 Å². The molecule has 0 bridgehead atoms. The average Bonchev–Trinajstić information content (AvgIpc) is 3.15. The Balaban J connectivity index is 1.76. The number of carbonyl (C=O) groups is 1. The molecule has 0 atom stereocenters. The summed E-state index contributed by atoms with van der Waals surface area (Å²) in [6.07, 6.45) is 0. The van der Waals surface area contributed by atoms with Crippen molar-refractivity contribution in [2.45, 2.75) is 18.4 Å². The molecule has 1 aromatic heterocycles. The highest BCUT2D eigenvalue weighted by atomic mass is 35.5. The third kappa shape index (κ3) is 4.38. The number of hydrogen-bond donors (Lipinski definition) is 1. The summed E-state index contributed by atoms with van der Waals surface area (Å²) in [4.78, 5) is 15.9. The monoisotopic (exact) mass is 421 g/mol. The van der Waals surface area contributed by atoms with Gasteiger partial charge in [-0.05, 0) is 36.8 Å². The number of sulfonamides is 1. The molecule has 0 aliphatic heterocycles. The maximum absolute atomic E-state index is 12.5. The van der Waals surface area contributed by atoms with E-state index < -0.39 is 16.0 Å². The van der Waals surface area contributed by atoms with Crippen molar-refractivity contribution >= 4 is 27.6 Å². The van der Waals surface area contributed by atoms with Crippen LogP contribution in [-0.2, 0) is 21.3 Å². The van der Waals surface area contributed by atoms with Gasteiger partial charge in [0.05, 0.1) is 24.1 Å². The number of halogens is 1. The van der Waals surface area contributed by atoms with E-state index in [2.05, 4.69) is 19.6 Å².